The van der Waals surface area contributed by atoms with Crippen molar-refractivity contribution in [2.45, 2.75) is 20.4 Å². The number of phenolic OH excluding ortho intramolecular Hbond substituents is 1. The molecule has 0 saturated carbocycles. The third-order valence-electron chi connectivity index (χ3n) is 5.25. The van der Waals surface area contributed by atoms with Crippen molar-refractivity contribution in [2.75, 3.05) is 0 Å². The summed E-state index contributed by atoms with van der Waals surface area (Å²) in [6.45, 7) is 3.86. The van der Waals surface area contributed by atoms with E-state index in [1.165, 1.54) is 6.08 Å². The minimum Gasteiger partial charge on any atom is -0.508 e. The summed E-state index contributed by atoms with van der Waals surface area (Å²) in [5, 5.41) is 11.8. The monoisotopic (exact) mass is 415 g/mol. The van der Waals surface area contributed by atoms with E-state index < -0.39 is 17.8 Å². The average molecular weight is 415 g/mol. The standard InChI is InChI=1S/C24H21N3O4/c1-15-12-18(16(2)27(15)19-8-10-20(28)11-9-19)13-21-22(29)25-24(31)26(23(21)30)14-17-6-4-3-5-7-17/h3-13,28H,14H2,1-2H3,(H,25,29,31). The van der Waals surface area contributed by atoms with E-state index in [2.05, 4.69) is 5.32 Å². The lowest BCUT2D eigenvalue weighted by molar-refractivity contribution is -0.130. The fourth-order valence-corrected chi connectivity index (χ4v) is 3.69. The summed E-state index contributed by atoms with van der Waals surface area (Å²) in [6.07, 6.45) is 1.52. The Hall–Kier alpha value is -4.13. The molecule has 0 atom stereocenters. The van der Waals surface area contributed by atoms with Crippen molar-refractivity contribution in [1.82, 2.24) is 14.8 Å². The number of hydrogen-bond acceptors (Lipinski definition) is 4. The van der Waals surface area contributed by atoms with Gasteiger partial charge in [0.25, 0.3) is 11.8 Å². The summed E-state index contributed by atoms with van der Waals surface area (Å²) in [5.41, 5.74) is 3.95. The number of nitrogens with one attached hydrogen (secondary N) is 1. The van der Waals surface area contributed by atoms with Gasteiger partial charge < -0.3 is 9.67 Å². The Morgan fingerprint density at radius 3 is 2.32 bits per heavy atom. The zero-order valence-electron chi connectivity index (χ0n) is 17.1. The largest absolute Gasteiger partial charge is 0.508 e. The van der Waals surface area contributed by atoms with Gasteiger partial charge in [0.1, 0.15) is 11.3 Å². The maximum Gasteiger partial charge on any atom is 0.331 e. The SMILES string of the molecule is Cc1cc(C=C2C(=O)NC(=O)N(Cc3ccccc3)C2=O)c(C)n1-c1ccc(O)cc1. The second-order valence-corrected chi connectivity index (χ2v) is 7.37. The molecule has 2 heterocycles. The molecule has 1 aliphatic rings. The van der Waals surface area contributed by atoms with Crippen LogP contribution >= 0.6 is 0 Å². The minimum atomic E-state index is -0.731. The van der Waals surface area contributed by atoms with Gasteiger partial charge in [-0.25, -0.2) is 4.79 Å². The van der Waals surface area contributed by atoms with Gasteiger partial charge in [-0.05, 0) is 61.4 Å². The number of aromatic hydroxyl groups is 1. The Balaban J connectivity index is 1.69. The minimum absolute atomic E-state index is 0.0721. The summed E-state index contributed by atoms with van der Waals surface area (Å²) >= 11 is 0. The number of aromatic nitrogens is 1. The first-order valence-electron chi connectivity index (χ1n) is 9.76. The number of phenols is 1. The topological polar surface area (TPSA) is 91.6 Å². The lowest BCUT2D eigenvalue weighted by Crippen LogP contribution is -2.53. The van der Waals surface area contributed by atoms with E-state index in [1.54, 1.807) is 24.3 Å². The molecule has 1 aromatic heterocycles. The summed E-state index contributed by atoms with van der Waals surface area (Å²) < 4.78 is 1.96. The molecule has 0 spiro atoms. The van der Waals surface area contributed by atoms with Gasteiger partial charge in [0.15, 0.2) is 0 Å². The molecule has 4 rings (SSSR count). The van der Waals surface area contributed by atoms with Crippen LogP contribution < -0.4 is 5.32 Å². The van der Waals surface area contributed by atoms with Gasteiger partial charge in [0.05, 0.1) is 6.54 Å². The molecular weight excluding hydrogens is 394 g/mol. The molecule has 0 bridgehead atoms. The third-order valence-corrected chi connectivity index (χ3v) is 5.25. The summed E-state index contributed by atoms with van der Waals surface area (Å²) in [4.78, 5) is 38.8. The lowest BCUT2D eigenvalue weighted by atomic mass is 10.1. The smallest absolute Gasteiger partial charge is 0.331 e. The van der Waals surface area contributed by atoms with E-state index in [4.69, 9.17) is 0 Å². The van der Waals surface area contributed by atoms with Crippen LogP contribution in [0, 0.1) is 13.8 Å². The number of hydrogen-bond donors (Lipinski definition) is 2. The highest BCUT2D eigenvalue weighted by atomic mass is 16.3. The maximum atomic E-state index is 13.0. The van der Waals surface area contributed by atoms with Gasteiger partial charge in [-0.1, -0.05) is 30.3 Å². The van der Waals surface area contributed by atoms with Crippen LogP contribution in [-0.2, 0) is 16.1 Å². The van der Waals surface area contributed by atoms with Gasteiger partial charge in [-0.15, -0.1) is 0 Å². The maximum absolute atomic E-state index is 13.0. The molecule has 31 heavy (non-hydrogen) atoms. The van der Waals surface area contributed by atoms with Crippen molar-refractivity contribution < 1.29 is 19.5 Å². The van der Waals surface area contributed by atoms with E-state index >= 15 is 0 Å². The highest BCUT2D eigenvalue weighted by Gasteiger charge is 2.35. The molecule has 0 unspecified atom stereocenters. The van der Waals surface area contributed by atoms with Crippen LogP contribution in [0.5, 0.6) is 5.75 Å². The van der Waals surface area contributed by atoms with Crippen molar-refractivity contribution in [3.63, 3.8) is 0 Å². The molecule has 0 radical (unpaired) electrons. The zero-order valence-corrected chi connectivity index (χ0v) is 17.1. The van der Waals surface area contributed by atoms with E-state index in [0.717, 1.165) is 27.5 Å². The highest BCUT2D eigenvalue weighted by Crippen LogP contribution is 2.25. The molecule has 156 valence electrons. The highest BCUT2D eigenvalue weighted by molar-refractivity contribution is 6.31. The van der Waals surface area contributed by atoms with E-state index in [1.807, 2.05) is 54.8 Å². The second-order valence-electron chi connectivity index (χ2n) is 7.37. The number of rotatable bonds is 4. The summed E-state index contributed by atoms with van der Waals surface area (Å²) in [7, 11) is 0. The van der Waals surface area contributed by atoms with Crippen LogP contribution in [0.1, 0.15) is 22.5 Å². The van der Waals surface area contributed by atoms with Crippen LogP contribution in [0.15, 0.2) is 66.2 Å². The Morgan fingerprint density at radius 1 is 0.968 bits per heavy atom. The molecule has 1 saturated heterocycles. The van der Waals surface area contributed by atoms with Crippen molar-refractivity contribution >= 4 is 23.9 Å². The molecule has 2 aromatic carbocycles. The van der Waals surface area contributed by atoms with Gasteiger partial charge in [-0.3, -0.25) is 19.8 Å². The number of nitrogens with zero attached hydrogens (tertiary/aromatic N) is 2. The summed E-state index contributed by atoms with van der Waals surface area (Å²) in [5.74, 6) is -1.18. The molecule has 0 aliphatic carbocycles. The third kappa shape index (κ3) is 3.85. The molecule has 1 fully saturated rings. The summed E-state index contributed by atoms with van der Waals surface area (Å²) in [6, 6.07) is 17.0. The first-order valence-corrected chi connectivity index (χ1v) is 9.76. The zero-order chi connectivity index (χ0) is 22.1. The number of aryl methyl sites for hydroxylation is 1. The Morgan fingerprint density at radius 2 is 1.65 bits per heavy atom. The first kappa shape index (κ1) is 20.2. The fourth-order valence-electron chi connectivity index (χ4n) is 3.69. The first-order chi connectivity index (χ1) is 14.8. The fraction of sp³-hybridized carbons (Fsp3) is 0.125. The van der Waals surface area contributed by atoms with Gasteiger partial charge >= 0.3 is 6.03 Å². The van der Waals surface area contributed by atoms with Crippen LogP contribution in [0.3, 0.4) is 0 Å². The van der Waals surface area contributed by atoms with Crippen LogP contribution in [0.4, 0.5) is 4.79 Å². The van der Waals surface area contributed by atoms with Crippen molar-refractivity contribution in [3.05, 3.63) is 88.8 Å². The number of amides is 4. The molecular formula is C24H21N3O4. The number of urea groups is 1. The molecule has 2 N–H and O–H groups in total. The quantitative estimate of drug-likeness (QED) is 0.504. The van der Waals surface area contributed by atoms with Crippen LogP contribution in [0.2, 0.25) is 0 Å². The molecule has 3 aromatic rings. The van der Waals surface area contributed by atoms with Crippen molar-refractivity contribution in [1.29, 1.82) is 0 Å². The Labute approximate surface area is 179 Å². The predicted molar refractivity (Wildman–Crippen MR) is 115 cm³/mol. The average Bonchev–Trinajstić information content (AvgIpc) is 3.03. The molecule has 4 amide bonds. The Kier molecular flexibility index (Phi) is 5.17. The second kappa shape index (κ2) is 7.95. The van der Waals surface area contributed by atoms with Crippen LogP contribution in [-0.4, -0.2) is 32.4 Å². The lowest BCUT2D eigenvalue weighted by Gasteiger charge is -2.26. The van der Waals surface area contributed by atoms with Gasteiger partial charge in [-0.2, -0.15) is 0 Å². The van der Waals surface area contributed by atoms with Crippen molar-refractivity contribution in [3.8, 4) is 11.4 Å². The predicted octanol–water partition coefficient (Wildman–Crippen LogP) is 3.46. The number of benzene rings is 2. The van der Waals surface area contributed by atoms with Crippen molar-refractivity contribution in [2.24, 2.45) is 0 Å². The number of imide groups is 2. The van der Waals surface area contributed by atoms with Crippen LogP contribution in [0.25, 0.3) is 11.8 Å². The van der Waals surface area contributed by atoms with E-state index in [9.17, 15) is 19.5 Å². The van der Waals surface area contributed by atoms with Gasteiger partial charge in [0.2, 0.25) is 0 Å². The number of carbonyl (C=O) groups excluding carboxylic acids is 3. The number of carbonyl (C=O) groups is 3. The molecule has 1 aliphatic heterocycles. The van der Waals surface area contributed by atoms with E-state index in [0.29, 0.717) is 5.56 Å². The normalized spacial score (nSPS) is 15.5. The molecule has 7 heteroatoms. The Bertz CT molecular complexity index is 1210. The number of barbiturate groups is 1. The van der Waals surface area contributed by atoms with E-state index in [-0.39, 0.29) is 17.9 Å². The van der Waals surface area contributed by atoms with Gasteiger partial charge in [0, 0.05) is 17.1 Å². The molecule has 7 nitrogen and oxygen atoms in total.